The van der Waals surface area contributed by atoms with Gasteiger partial charge in [-0.2, -0.15) is 0 Å². The molecule has 22 heavy (non-hydrogen) atoms. The Kier molecular flexibility index (Phi) is 4.75. The fourth-order valence-corrected chi connectivity index (χ4v) is 2.80. The van der Waals surface area contributed by atoms with E-state index in [1.165, 1.54) is 0 Å². The van der Waals surface area contributed by atoms with E-state index in [0.717, 1.165) is 38.2 Å². The molecule has 2 aromatic rings. The number of nitrogens with zero attached hydrogens (tertiary/aromatic N) is 3. The lowest BCUT2D eigenvalue weighted by Gasteiger charge is -2.32. The summed E-state index contributed by atoms with van der Waals surface area (Å²) in [6.45, 7) is 2.75. The second-order valence-electron chi connectivity index (χ2n) is 5.61. The second kappa shape index (κ2) is 7.13. The largest absolute Gasteiger partial charge is 0.348 e. The van der Waals surface area contributed by atoms with Crippen molar-refractivity contribution in [3.8, 4) is 0 Å². The van der Waals surface area contributed by atoms with Gasteiger partial charge in [0.15, 0.2) is 0 Å². The number of carbonyl (C=O) groups is 1. The molecular weight excluding hydrogens is 276 g/mol. The number of aromatic nitrogens is 2. The minimum atomic E-state index is -0.0437. The molecule has 1 fully saturated rings. The third-order valence-electron chi connectivity index (χ3n) is 3.88. The molecule has 3 rings (SSSR count). The quantitative estimate of drug-likeness (QED) is 0.936. The van der Waals surface area contributed by atoms with Gasteiger partial charge in [-0.3, -0.25) is 19.7 Å². The Labute approximate surface area is 130 Å². The Morgan fingerprint density at radius 2 is 2.23 bits per heavy atom. The molecule has 0 aromatic carbocycles. The summed E-state index contributed by atoms with van der Waals surface area (Å²) in [5, 5.41) is 3.11. The van der Waals surface area contributed by atoms with E-state index in [2.05, 4.69) is 20.2 Å². The lowest BCUT2D eigenvalue weighted by atomic mass is 10.0. The normalized spacial score (nSPS) is 18.8. The van der Waals surface area contributed by atoms with E-state index in [1.54, 1.807) is 24.5 Å². The molecule has 1 amide bonds. The molecule has 1 atom stereocenters. The topological polar surface area (TPSA) is 58.1 Å². The first kappa shape index (κ1) is 14.7. The maximum atomic E-state index is 12.2. The Balaban J connectivity index is 1.55. The molecule has 5 heteroatoms. The average molecular weight is 296 g/mol. The molecule has 0 saturated carbocycles. The smallest absolute Gasteiger partial charge is 0.253 e. The Morgan fingerprint density at radius 3 is 3.00 bits per heavy atom. The lowest BCUT2D eigenvalue weighted by Crippen LogP contribution is -2.47. The predicted octanol–water partition coefficient (Wildman–Crippen LogP) is 1.87. The van der Waals surface area contributed by atoms with E-state index in [-0.39, 0.29) is 11.9 Å². The van der Waals surface area contributed by atoms with Crippen LogP contribution in [0.4, 0.5) is 0 Å². The predicted molar refractivity (Wildman–Crippen MR) is 84.2 cm³/mol. The maximum Gasteiger partial charge on any atom is 0.253 e. The molecule has 1 unspecified atom stereocenters. The summed E-state index contributed by atoms with van der Waals surface area (Å²) >= 11 is 0. The molecule has 0 radical (unpaired) electrons. The van der Waals surface area contributed by atoms with E-state index in [9.17, 15) is 4.79 Å². The molecule has 5 nitrogen and oxygen atoms in total. The Bertz CT molecular complexity index is 603. The van der Waals surface area contributed by atoms with Gasteiger partial charge in [-0.05, 0) is 43.7 Å². The van der Waals surface area contributed by atoms with Crippen molar-refractivity contribution in [3.63, 3.8) is 0 Å². The molecule has 1 aliphatic heterocycles. The van der Waals surface area contributed by atoms with Gasteiger partial charge >= 0.3 is 0 Å². The van der Waals surface area contributed by atoms with Crippen LogP contribution in [0.25, 0.3) is 0 Å². The summed E-state index contributed by atoms with van der Waals surface area (Å²) < 4.78 is 0. The van der Waals surface area contributed by atoms with Gasteiger partial charge in [-0.1, -0.05) is 6.07 Å². The first-order valence-electron chi connectivity index (χ1n) is 7.64. The number of amides is 1. The monoisotopic (exact) mass is 296 g/mol. The van der Waals surface area contributed by atoms with Gasteiger partial charge in [0, 0.05) is 37.7 Å². The fourth-order valence-electron chi connectivity index (χ4n) is 2.80. The third kappa shape index (κ3) is 3.89. The standard InChI is InChI=1S/C17H20N4O/c22-17(14-5-3-8-18-11-14)20-16-7-4-10-21(13-16)12-15-6-1-2-9-19-15/h1-3,5-6,8-9,11,16H,4,7,10,12-13H2,(H,20,22). The molecular formula is C17H20N4O. The summed E-state index contributed by atoms with van der Waals surface area (Å²) in [6.07, 6.45) is 7.20. The third-order valence-corrected chi connectivity index (χ3v) is 3.88. The van der Waals surface area contributed by atoms with Crippen LogP contribution in [0.15, 0.2) is 48.9 Å². The van der Waals surface area contributed by atoms with Crippen LogP contribution in [0.2, 0.25) is 0 Å². The van der Waals surface area contributed by atoms with Crippen LogP contribution in [0.1, 0.15) is 28.9 Å². The van der Waals surface area contributed by atoms with Gasteiger partial charge < -0.3 is 5.32 Å². The molecule has 1 aliphatic rings. The summed E-state index contributed by atoms with van der Waals surface area (Å²) in [5.74, 6) is -0.0437. The number of nitrogens with one attached hydrogen (secondary N) is 1. The van der Waals surface area contributed by atoms with Gasteiger partial charge in [0.25, 0.3) is 5.91 Å². The highest BCUT2D eigenvalue weighted by molar-refractivity contribution is 5.94. The van der Waals surface area contributed by atoms with Crippen molar-refractivity contribution >= 4 is 5.91 Å². The van der Waals surface area contributed by atoms with Crippen LogP contribution in [0.5, 0.6) is 0 Å². The molecule has 0 aliphatic carbocycles. The minimum absolute atomic E-state index is 0.0437. The van der Waals surface area contributed by atoms with Crippen molar-refractivity contribution in [2.45, 2.75) is 25.4 Å². The van der Waals surface area contributed by atoms with Crippen molar-refractivity contribution in [3.05, 3.63) is 60.2 Å². The summed E-state index contributed by atoms with van der Waals surface area (Å²) in [4.78, 5) is 22.9. The molecule has 0 bridgehead atoms. The number of carbonyl (C=O) groups excluding carboxylic acids is 1. The molecule has 114 valence electrons. The first-order valence-corrected chi connectivity index (χ1v) is 7.64. The zero-order chi connectivity index (χ0) is 15.2. The number of hydrogen-bond acceptors (Lipinski definition) is 4. The van der Waals surface area contributed by atoms with E-state index in [0.29, 0.717) is 5.56 Å². The number of pyridine rings is 2. The molecule has 0 spiro atoms. The molecule has 1 saturated heterocycles. The van der Waals surface area contributed by atoms with Crippen LogP contribution < -0.4 is 5.32 Å². The Morgan fingerprint density at radius 1 is 1.27 bits per heavy atom. The number of likely N-dealkylation sites (tertiary alicyclic amines) is 1. The minimum Gasteiger partial charge on any atom is -0.348 e. The lowest BCUT2D eigenvalue weighted by molar-refractivity contribution is 0.0900. The Hall–Kier alpha value is -2.27. The SMILES string of the molecule is O=C(NC1CCCN(Cc2ccccn2)C1)c1cccnc1. The van der Waals surface area contributed by atoms with Gasteiger partial charge in [-0.25, -0.2) is 0 Å². The van der Waals surface area contributed by atoms with Gasteiger partial charge in [0.05, 0.1) is 11.3 Å². The van der Waals surface area contributed by atoms with Crippen molar-refractivity contribution in [1.82, 2.24) is 20.2 Å². The molecule has 2 aromatic heterocycles. The molecule has 1 N–H and O–H groups in total. The van der Waals surface area contributed by atoms with Crippen LogP contribution in [0, 0.1) is 0 Å². The summed E-state index contributed by atoms with van der Waals surface area (Å²) in [6, 6.07) is 9.73. The van der Waals surface area contributed by atoms with E-state index in [4.69, 9.17) is 0 Å². The second-order valence-corrected chi connectivity index (χ2v) is 5.61. The van der Waals surface area contributed by atoms with Gasteiger partial charge in [-0.15, -0.1) is 0 Å². The van der Waals surface area contributed by atoms with Crippen molar-refractivity contribution in [1.29, 1.82) is 0 Å². The van der Waals surface area contributed by atoms with Crippen molar-refractivity contribution < 1.29 is 4.79 Å². The zero-order valence-electron chi connectivity index (χ0n) is 12.5. The highest BCUT2D eigenvalue weighted by Crippen LogP contribution is 2.13. The number of rotatable bonds is 4. The first-order chi connectivity index (χ1) is 10.8. The highest BCUT2D eigenvalue weighted by atomic mass is 16.1. The maximum absolute atomic E-state index is 12.2. The zero-order valence-corrected chi connectivity index (χ0v) is 12.5. The van der Waals surface area contributed by atoms with Crippen molar-refractivity contribution in [2.24, 2.45) is 0 Å². The van der Waals surface area contributed by atoms with E-state index >= 15 is 0 Å². The van der Waals surface area contributed by atoms with Crippen LogP contribution in [-0.2, 0) is 6.54 Å². The van der Waals surface area contributed by atoms with Gasteiger partial charge in [0.1, 0.15) is 0 Å². The highest BCUT2D eigenvalue weighted by Gasteiger charge is 2.22. The summed E-state index contributed by atoms with van der Waals surface area (Å²) in [5.41, 5.74) is 1.69. The molecule has 3 heterocycles. The number of piperidine rings is 1. The van der Waals surface area contributed by atoms with Crippen molar-refractivity contribution in [2.75, 3.05) is 13.1 Å². The van der Waals surface area contributed by atoms with Crippen LogP contribution in [-0.4, -0.2) is 39.9 Å². The average Bonchev–Trinajstić information content (AvgIpc) is 2.57. The van der Waals surface area contributed by atoms with Gasteiger partial charge in [0.2, 0.25) is 0 Å². The van der Waals surface area contributed by atoms with E-state index in [1.807, 2.05) is 24.4 Å². The van der Waals surface area contributed by atoms with Crippen LogP contribution in [0.3, 0.4) is 0 Å². The van der Waals surface area contributed by atoms with E-state index < -0.39 is 0 Å². The number of hydrogen-bond donors (Lipinski definition) is 1. The fraction of sp³-hybridized carbons (Fsp3) is 0.353. The summed E-state index contributed by atoms with van der Waals surface area (Å²) in [7, 11) is 0. The van der Waals surface area contributed by atoms with Crippen LogP contribution >= 0.6 is 0 Å².